The Bertz CT molecular complexity index is 749. The molecule has 0 aliphatic rings. The Balaban J connectivity index is 1.54. The Morgan fingerprint density at radius 2 is 2.14 bits per heavy atom. The maximum atomic E-state index is 12.0. The Morgan fingerprint density at radius 1 is 1.36 bits per heavy atom. The van der Waals surface area contributed by atoms with Crippen molar-refractivity contribution in [1.82, 2.24) is 19.8 Å². The number of benzene rings is 1. The van der Waals surface area contributed by atoms with Gasteiger partial charge in [-0.15, -0.1) is 15.3 Å². The van der Waals surface area contributed by atoms with E-state index in [0.29, 0.717) is 11.7 Å². The van der Waals surface area contributed by atoms with Crippen molar-refractivity contribution in [3.8, 4) is 0 Å². The zero-order chi connectivity index (χ0) is 15.5. The van der Waals surface area contributed by atoms with E-state index in [1.54, 1.807) is 10.8 Å². The summed E-state index contributed by atoms with van der Waals surface area (Å²) in [5, 5.41) is 14.8. The minimum Gasteiger partial charge on any atom is -0.325 e. The van der Waals surface area contributed by atoms with Crippen LogP contribution in [-0.2, 0) is 4.79 Å². The minimum atomic E-state index is -0.0479. The molecule has 1 amide bonds. The molecular weight excluding hydrogens is 318 g/mol. The normalized spacial score (nSPS) is 11.2. The summed E-state index contributed by atoms with van der Waals surface area (Å²) in [5.74, 6) is 0.752. The maximum Gasteiger partial charge on any atom is 0.235 e. The molecule has 0 aliphatic heterocycles. The van der Waals surface area contributed by atoms with E-state index in [1.807, 2.05) is 24.3 Å². The van der Waals surface area contributed by atoms with Gasteiger partial charge in [0, 0.05) is 5.69 Å². The highest BCUT2D eigenvalue weighted by Crippen LogP contribution is 2.24. The van der Waals surface area contributed by atoms with Crippen LogP contribution in [0.2, 0.25) is 0 Å². The first-order valence-corrected chi connectivity index (χ1v) is 8.61. The Labute approximate surface area is 136 Å². The van der Waals surface area contributed by atoms with Crippen LogP contribution >= 0.6 is 23.1 Å². The van der Waals surface area contributed by atoms with E-state index in [9.17, 15) is 4.79 Å². The molecule has 114 valence electrons. The van der Waals surface area contributed by atoms with Gasteiger partial charge in [-0.3, -0.25) is 4.79 Å². The number of rotatable bonds is 5. The number of carbonyl (C=O) groups excluding carboxylic acids is 1. The van der Waals surface area contributed by atoms with Crippen LogP contribution in [0.3, 0.4) is 0 Å². The van der Waals surface area contributed by atoms with Crippen molar-refractivity contribution in [3.05, 3.63) is 36.2 Å². The molecule has 0 fully saturated rings. The predicted molar refractivity (Wildman–Crippen MR) is 88.5 cm³/mol. The van der Waals surface area contributed by atoms with E-state index < -0.39 is 0 Å². The van der Waals surface area contributed by atoms with Crippen molar-refractivity contribution < 1.29 is 4.79 Å². The number of nitrogens with one attached hydrogen (secondary N) is 1. The molecular formula is C14H15N5OS2. The highest BCUT2D eigenvalue weighted by Gasteiger charge is 2.09. The third kappa shape index (κ3) is 3.45. The van der Waals surface area contributed by atoms with E-state index in [1.165, 1.54) is 28.7 Å². The number of amides is 1. The summed E-state index contributed by atoms with van der Waals surface area (Å²) in [7, 11) is 0. The number of thioether (sulfide) groups is 1. The first-order chi connectivity index (χ1) is 10.6. The number of anilines is 1. The lowest BCUT2D eigenvalue weighted by Gasteiger charge is -2.08. The molecule has 2 aromatic heterocycles. The van der Waals surface area contributed by atoms with Gasteiger partial charge in [-0.1, -0.05) is 49.1 Å². The van der Waals surface area contributed by atoms with Crippen molar-refractivity contribution in [2.75, 3.05) is 11.1 Å². The van der Waals surface area contributed by atoms with Gasteiger partial charge in [0.1, 0.15) is 6.33 Å². The number of fused-ring (bicyclic) bond motifs is 1. The largest absolute Gasteiger partial charge is 0.325 e. The molecule has 3 aromatic rings. The zero-order valence-corrected chi connectivity index (χ0v) is 13.8. The minimum absolute atomic E-state index is 0.0479. The first kappa shape index (κ1) is 15.0. The fraction of sp³-hybridized carbons (Fsp3) is 0.286. The molecule has 0 aliphatic carbocycles. The summed E-state index contributed by atoms with van der Waals surface area (Å²) in [4.78, 5) is 12.7. The summed E-state index contributed by atoms with van der Waals surface area (Å²) in [6.45, 7) is 4.29. The molecule has 3 rings (SSSR count). The van der Waals surface area contributed by atoms with Crippen molar-refractivity contribution in [3.63, 3.8) is 0 Å². The highest BCUT2D eigenvalue weighted by atomic mass is 32.2. The maximum absolute atomic E-state index is 12.0. The second-order valence-electron chi connectivity index (χ2n) is 5.04. The summed E-state index contributed by atoms with van der Waals surface area (Å²) in [6, 6.07) is 7.94. The van der Waals surface area contributed by atoms with Gasteiger partial charge in [0.2, 0.25) is 10.9 Å². The summed E-state index contributed by atoms with van der Waals surface area (Å²) >= 11 is 2.81. The first-order valence-electron chi connectivity index (χ1n) is 6.81. The van der Waals surface area contributed by atoms with E-state index in [-0.39, 0.29) is 5.91 Å². The van der Waals surface area contributed by atoms with Gasteiger partial charge in [-0.25, -0.2) is 0 Å². The molecule has 1 aromatic carbocycles. The molecule has 0 spiro atoms. The van der Waals surface area contributed by atoms with Gasteiger partial charge in [0.05, 0.1) is 5.75 Å². The monoisotopic (exact) mass is 333 g/mol. The highest BCUT2D eigenvalue weighted by molar-refractivity contribution is 8.01. The van der Waals surface area contributed by atoms with Crippen LogP contribution in [0, 0.1) is 0 Å². The van der Waals surface area contributed by atoms with Gasteiger partial charge in [0.15, 0.2) is 4.34 Å². The molecule has 8 heteroatoms. The van der Waals surface area contributed by atoms with Crippen LogP contribution in [-0.4, -0.2) is 31.5 Å². The average Bonchev–Trinajstić information content (AvgIpc) is 3.06. The third-order valence-corrected chi connectivity index (χ3v) is 5.10. The Morgan fingerprint density at radius 3 is 2.82 bits per heavy atom. The van der Waals surface area contributed by atoms with Crippen LogP contribution in [0.25, 0.3) is 4.96 Å². The second kappa shape index (κ2) is 6.45. The van der Waals surface area contributed by atoms with Gasteiger partial charge in [0.25, 0.3) is 0 Å². The van der Waals surface area contributed by atoms with Crippen molar-refractivity contribution in [2.45, 2.75) is 24.1 Å². The van der Waals surface area contributed by atoms with Crippen LogP contribution in [0.1, 0.15) is 25.3 Å². The van der Waals surface area contributed by atoms with Gasteiger partial charge in [-0.05, 0) is 23.6 Å². The predicted octanol–water partition coefficient (Wildman–Crippen LogP) is 3.04. The van der Waals surface area contributed by atoms with Crippen molar-refractivity contribution >= 4 is 39.7 Å². The fourth-order valence-electron chi connectivity index (χ4n) is 1.88. The standard InChI is InChI=1S/C14H15N5OS2/c1-9(2)10-3-5-11(6-4-10)16-12(20)7-21-14-18-19-8-15-17-13(19)22-14/h3-6,8-9H,7H2,1-2H3,(H,16,20). The van der Waals surface area contributed by atoms with Crippen LogP contribution in [0.4, 0.5) is 5.69 Å². The molecule has 0 bridgehead atoms. The topological polar surface area (TPSA) is 72.2 Å². The summed E-state index contributed by atoms with van der Waals surface area (Å²) < 4.78 is 2.41. The molecule has 0 saturated heterocycles. The molecule has 0 unspecified atom stereocenters. The molecule has 0 saturated carbocycles. The van der Waals surface area contributed by atoms with Crippen LogP contribution in [0.5, 0.6) is 0 Å². The number of hydrogen-bond donors (Lipinski definition) is 1. The zero-order valence-electron chi connectivity index (χ0n) is 12.2. The van der Waals surface area contributed by atoms with E-state index in [2.05, 4.69) is 34.5 Å². The van der Waals surface area contributed by atoms with Gasteiger partial charge in [-0.2, -0.15) is 4.52 Å². The van der Waals surface area contributed by atoms with Crippen LogP contribution in [0.15, 0.2) is 34.9 Å². The average molecular weight is 333 g/mol. The third-order valence-electron chi connectivity index (χ3n) is 3.06. The molecule has 1 N–H and O–H groups in total. The summed E-state index contributed by atoms with van der Waals surface area (Å²) in [5.41, 5.74) is 2.07. The fourth-order valence-corrected chi connectivity index (χ4v) is 3.54. The quantitative estimate of drug-likeness (QED) is 0.727. The van der Waals surface area contributed by atoms with Gasteiger partial charge < -0.3 is 5.32 Å². The number of aromatic nitrogens is 4. The Kier molecular flexibility index (Phi) is 4.39. The van der Waals surface area contributed by atoms with E-state index in [4.69, 9.17) is 0 Å². The van der Waals surface area contributed by atoms with E-state index >= 15 is 0 Å². The van der Waals surface area contributed by atoms with E-state index in [0.717, 1.165) is 15.0 Å². The van der Waals surface area contributed by atoms with Crippen LogP contribution < -0.4 is 5.32 Å². The lowest BCUT2D eigenvalue weighted by Crippen LogP contribution is -2.13. The molecule has 6 nitrogen and oxygen atoms in total. The van der Waals surface area contributed by atoms with Gasteiger partial charge >= 0.3 is 0 Å². The number of hydrogen-bond acceptors (Lipinski definition) is 6. The molecule has 0 radical (unpaired) electrons. The number of nitrogens with zero attached hydrogens (tertiary/aromatic N) is 4. The van der Waals surface area contributed by atoms with Crippen molar-refractivity contribution in [2.24, 2.45) is 0 Å². The molecule has 2 heterocycles. The lowest BCUT2D eigenvalue weighted by molar-refractivity contribution is -0.113. The lowest BCUT2D eigenvalue weighted by atomic mass is 10.0. The second-order valence-corrected chi connectivity index (χ2v) is 7.22. The molecule has 0 atom stereocenters. The smallest absolute Gasteiger partial charge is 0.235 e. The summed E-state index contributed by atoms with van der Waals surface area (Å²) in [6.07, 6.45) is 1.55. The number of carbonyl (C=O) groups is 1. The molecule has 22 heavy (non-hydrogen) atoms. The van der Waals surface area contributed by atoms with Crippen molar-refractivity contribution in [1.29, 1.82) is 0 Å². The SMILES string of the molecule is CC(C)c1ccc(NC(=O)CSc2nn3cnnc3s2)cc1. The Hall–Kier alpha value is -1.93.